The number of nitrogens with zero attached hydrogens (tertiary/aromatic N) is 3. The smallest absolute Gasteiger partial charge is 0.319 e. The lowest BCUT2D eigenvalue weighted by atomic mass is 9.90. The molecule has 37 heavy (non-hydrogen) atoms. The average molecular weight is 497 g/mol. The van der Waals surface area contributed by atoms with Crippen LogP contribution in [0.4, 0.5) is 4.79 Å². The number of imide groups is 2. The molecule has 188 valence electrons. The van der Waals surface area contributed by atoms with Gasteiger partial charge >= 0.3 is 6.03 Å². The van der Waals surface area contributed by atoms with Crippen LogP contribution in [0.1, 0.15) is 46.0 Å². The highest BCUT2D eigenvalue weighted by molar-refractivity contribution is 6.21. The summed E-state index contributed by atoms with van der Waals surface area (Å²) in [6.07, 6.45) is 1.55. The van der Waals surface area contributed by atoms with E-state index in [9.17, 15) is 19.2 Å². The van der Waals surface area contributed by atoms with Crippen molar-refractivity contribution in [3.8, 4) is 0 Å². The summed E-state index contributed by atoms with van der Waals surface area (Å²) in [7, 11) is 0. The molecule has 0 saturated carbocycles. The summed E-state index contributed by atoms with van der Waals surface area (Å²) in [5.74, 6) is -0.531. The first-order valence-corrected chi connectivity index (χ1v) is 12.7. The highest BCUT2D eigenvalue weighted by atomic mass is 16.2. The molecular weight excluding hydrogens is 468 g/mol. The maximum absolute atomic E-state index is 13.5. The molecule has 8 nitrogen and oxygen atoms in total. The second kappa shape index (κ2) is 8.81. The monoisotopic (exact) mass is 496 g/mol. The van der Waals surface area contributed by atoms with E-state index in [0.29, 0.717) is 30.8 Å². The highest BCUT2D eigenvalue weighted by Gasteiger charge is 2.49. The molecule has 0 aromatic heterocycles. The topological polar surface area (TPSA) is 90.0 Å². The van der Waals surface area contributed by atoms with Crippen molar-refractivity contribution in [3.05, 3.63) is 83.4 Å². The van der Waals surface area contributed by atoms with Gasteiger partial charge in [-0.05, 0) is 60.2 Å². The number of carbonyl (C=O) groups is 4. The average Bonchev–Trinajstić information content (AvgIpc) is 3.29. The minimum absolute atomic E-state index is 0.185. The molecule has 2 fully saturated rings. The molecule has 8 heteroatoms. The second-order valence-electron chi connectivity index (χ2n) is 10.3. The van der Waals surface area contributed by atoms with E-state index in [1.165, 1.54) is 9.80 Å². The van der Waals surface area contributed by atoms with Crippen molar-refractivity contribution in [2.45, 2.75) is 25.3 Å². The molecular formula is C29H28N4O4. The fourth-order valence-electron chi connectivity index (χ4n) is 5.69. The van der Waals surface area contributed by atoms with Gasteiger partial charge in [0.2, 0.25) is 0 Å². The summed E-state index contributed by atoms with van der Waals surface area (Å²) >= 11 is 0. The molecule has 0 radical (unpaired) electrons. The Kier molecular flexibility index (Phi) is 5.56. The van der Waals surface area contributed by atoms with Crippen LogP contribution in [0.15, 0.2) is 66.7 Å². The number of fused-ring (bicyclic) bond motifs is 2. The normalized spacial score (nSPS) is 22.7. The van der Waals surface area contributed by atoms with Crippen LogP contribution in [0.25, 0.3) is 10.8 Å². The Morgan fingerprint density at radius 3 is 2.11 bits per heavy atom. The van der Waals surface area contributed by atoms with Gasteiger partial charge in [0.05, 0.1) is 17.8 Å². The molecule has 1 N–H and O–H groups in total. The molecule has 5 amide bonds. The van der Waals surface area contributed by atoms with Gasteiger partial charge in [0, 0.05) is 19.6 Å². The third kappa shape index (κ3) is 3.88. The van der Waals surface area contributed by atoms with Crippen molar-refractivity contribution >= 4 is 34.5 Å². The van der Waals surface area contributed by atoms with E-state index >= 15 is 0 Å². The largest absolute Gasteiger partial charge is 0.326 e. The highest BCUT2D eigenvalue weighted by Crippen LogP contribution is 2.32. The predicted molar refractivity (Wildman–Crippen MR) is 138 cm³/mol. The van der Waals surface area contributed by atoms with Gasteiger partial charge in [-0.2, -0.15) is 0 Å². The zero-order chi connectivity index (χ0) is 25.7. The Labute approximate surface area is 214 Å². The van der Waals surface area contributed by atoms with E-state index in [0.717, 1.165) is 29.2 Å². The quantitative estimate of drug-likeness (QED) is 0.431. The van der Waals surface area contributed by atoms with Crippen molar-refractivity contribution in [3.63, 3.8) is 0 Å². The van der Waals surface area contributed by atoms with E-state index in [-0.39, 0.29) is 30.3 Å². The SMILES string of the molecule is CC1(c2ccc3ccccc3c2)NC(=O)N(CN2CCC(CN3C(=O)c4ccccc4C3=O)CC2)C1=O. The second-order valence-corrected chi connectivity index (χ2v) is 10.3. The van der Waals surface area contributed by atoms with Gasteiger partial charge in [0.25, 0.3) is 17.7 Å². The number of carbonyl (C=O) groups excluding carboxylic acids is 4. The number of likely N-dealkylation sites (tertiary alicyclic amines) is 1. The van der Waals surface area contributed by atoms with Gasteiger partial charge in [0.15, 0.2) is 0 Å². The predicted octanol–water partition coefficient (Wildman–Crippen LogP) is 3.57. The van der Waals surface area contributed by atoms with Crippen molar-refractivity contribution in [1.29, 1.82) is 0 Å². The van der Waals surface area contributed by atoms with Crippen molar-refractivity contribution in [2.75, 3.05) is 26.3 Å². The molecule has 1 unspecified atom stereocenters. The molecule has 3 aliphatic heterocycles. The molecule has 0 aliphatic carbocycles. The van der Waals surface area contributed by atoms with Crippen molar-refractivity contribution in [1.82, 2.24) is 20.0 Å². The molecule has 0 bridgehead atoms. The zero-order valence-corrected chi connectivity index (χ0v) is 20.6. The summed E-state index contributed by atoms with van der Waals surface area (Å²) in [5, 5.41) is 5.00. The number of piperidine rings is 1. The molecule has 3 heterocycles. The van der Waals surface area contributed by atoms with Crippen LogP contribution < -0.4 is 5.32 Å². The first-order valence-electron chi connectivity index (χ1n) is 12.7. The maximum Gasteiger partial charge on any atom is 0.326 e. The van der Waals surface area contributed by atoms with E-state index < -0.39 is 11.6 Å². The summed E-state index contributed by atoms with van der Waals surface area (Å²) in [5.41, 5.74) is 0.577. The van der Waals surface area contributed by atoms with Crippen LogP contribution in [0.2, 0.25) is 0 Å². The van der Waals surface area contributed by atoms with Gasteiger partial charge in [-0.15, -0.1) is 0 Å². The Bertz CT molecular complexity index is 1410. The van der Waals surface area contributed by atoms with Crippen LogP contribution in [-0.4, -0.2) is 64.8 Å². The number of rotatable bonds is 5. The molecule has 0 spiro atoms. The van der Waals surface area contributed by atoms with Gasteiger partial charge < -0.3 is 5.32 Å². The van der Waals surface area contributed by atoms with Crippen LogP contribution in [-0.2, 0) is 10.3 Å². The Balaban J connectivity index is 1.08. The molecule has 3 aromatic carbocycles. The minimum atomic E-state index is -1.12. The van der Waals surface area contributed by atoms with Crippen LogP contribution in [0.5, 0.6) is 0 Å². The van der Waals surface area contributed by atoms with Gasteiger partial charge in [0.1, 0.15) is 5.54 Å². The van der Waals surface area contributed by atoms with E-state index in [2.05, 4.69) is 10.2 Å². The van der Waals surface area contributed by atoms with E-state index in [1.54, 1.807) is 31.2 Å². The van der Waals surface area contributed by atoms with Crippen molar-refractivity contribution < 1.29 is 19.2 Å². The van der Waals surface area contributed by atoms with Gasteiger partial charge in [-0.1, -0.05) is 48.5 Å². The Morgan fingerprint density at radius 2 is 1.43 bits per heavy atom. The number of urea groups is 1. The Hall–Kier alpha value is -4.04. The molecule has 3 aromatic rings. The fraction of sp³-hybridized carbons (Fsp3) is 0.310. The number of hydrogen-bond donors (Lipinski definition) is 1. The van der Waals surface area contributed by atoms with Crippen molar-refractivity contribution in [2.24, 2.45) is 5.92 Å². The third-order valence-corrected chi connectivity index (χ3v) is 7.97. The third-order valence-electron chi connectivity index (χ3n) is 7.97. The van der Waals surface area contributed by atoms with Gasteiger partial charge in [-0.25, -0.2) is 9.69 Å². The van der Waals surface area contributed by atoms with E-state index in [1.807, 2.05) is 42.5 Å². The lowest BCUT2D eigenvalue weighted by Crippen LogP contribution is -2.47. The van der Waals surface area contributed by atoms with E-state index in [4.69, 9.17) is 0 Å². The fourth-order valence-corrected chi connectivity index (χ4v) is 5.69. The number of nitrogens with one attached hydrogen (secondary N) is 1. The number of benzene rings is 3. The lowest BCUT2D eigenvalue weighted by Gasteiger charge is -2.35. The van der Waals surface area contributed by atoms with Gasteiger partial charge in [-0.3, -0.25) is 24.2 Å². The molecule has 3 aliphatic rings. The number of hydrogen-bond acceptors (Lipinski definition) is 5. The summed E-state index contributed by atoms with van der Waals surface area (Å²) in [4.78, 5) is 56.5. The summed E-state index contributed by atoms with van der Waals surface area (Å²) in [6, 6.07) is 20.3. The standard InChI is InChI=1S/C29H28N4O4/c1-29(22-11-10-20-6-2-3-7-21(20)16-22)27(36)33(28(37)30-29)18-31-14-12-19(13-15-31)17-32-25(34)23-8-4-5-9-24(23)26(32)35/h2-11,16,19H,12-15,17-18H2,1H3,(H,30,37). The minimum Gasteiger partial charge on any atom is -0.319 e. The summed E-state index contributed by atoms with van der Waals surface area (Å²) < 4.78 is 0. The molecule has 2 saturated heterocycles. The summed E-state index contributed by atoms with van der Waals surface area (Å²) in [6.45, 7) is 3.72. The zero-order valence-electron chi connectivity index (χ0n) is 20.6. The number of amides is 5. The lowest BCUT2D eigenvalue weighted by molar-refractivity contribution is -0.132. The Morgan fingerprint density at radius 1 is 0.811 bits per heavy atom. The van der Waals surface area contributed by atoms with Crippen LogP contribution >= 0.6 is 0 Å². The maximum atomic E-state index is 13.5. The molecule has 1 atom stereocenters. The van der Waals surface area contributed by atoms with Crippen LogP contribution in [0.3, 0.4) is 0 Å². The first-order chi connectivity index (χ1) is 17.8. The van der Waals surface area contributed by atoms with Crippen LogP contribution in [0, 0.1) is 5.92 Å². The molecule has 6 rings (SSSR count). The first kappa shape index (κ1) is 23.4.